The molecule has 0 spiro atoms. The second-order valence-electron chi connectivity index (χ2n) is 4.02. The quantitative estimate of drug-likeness (QED) is 0.826. The van der Waals surface area contributed by atoms with Gasteiger partial charge in [-0.15, -0.1) is 0 Å². The molecule has 0 radical (unpaired) electrons. The van der Waals surface area contributed by atoms with Gasteiger partial charge in [0.2, 0.25) is 0 Å². The van der Waals surface area contributed by atoms with Crippen LogP contribution in [0.5, 0.6) is 0 Å². The minimum atomic E-state index is 0.0736. The predicted octanol–water partition coefficient (Wildman–Crippen LogP) is 1.06. The molecule has 1 saturated heterocycles. The lowest BCUT2D eigenvalue weighted by Gasteiger charge is -2.19. The highest BCUT2D eigenvalue weighted by molar-refractivity contribution is 5.94. The summed E-state index contributed by atoms with van der Waals surface area (Å²) in [4.78, 5) is 15.4. The largest absolute Gasteiger partial charge is 0.330 e. The molecule has 1 aromatic rings. The van der Waals surface area contributed by atoms with Gasteiger partial charge in [-0.1, -0.05) is 18.2 Å². The first-order valence-corrected chi connectivity index (χ1v) is 5.54. The number of anilines is 1. The smallest absolute Gasteiger partial charge is 0.324 e. The first-order chi connectivity index (χ1) is 7.74. The van der Waals surface area contributed by atoms with E-state index in [1.165, 1.54) is 0 Å². The Balaban J connectivity index is 2.29. The van der Waals surface area contributed by atoms with Crippen LogP contribution in [0.3, 0.4) is 0 Å². The number of nitrogens with zero attached hydrogens (tertiary/aromatic N) is 2. The van der Waals surface area contributed by atoms with Gasteiger partial charge in [0.25, 0.3) is 0 Å². The molecule has 2 N–H and O–H groups in total. The molecule has 0 bridgehead atoms. The van der Waals surface area contributed by atoms with Gasteiger partial charge in [-0.2, -0.15) is 0 Å². The van der Waals surface area contributed by atoms with Crippen molar-refractivity contribution in [3.8, 4) is 0 Å². The van der Waals surface area contributed by atoms with Crippen molar-refractivity contribution in [3.63, 3.8) is 0 Å². The number of nitrogens with two attached hydrogens (primary N) is 1. The molecule has 0 atom stereocenters. The number of para-hydroxylation sites is 1. The maximum absolute atomic E-state index is 11.9. The number of carbonyl (C=O) groups is 1. The van der Waals surface area contributed by atoms with E-state index in [2.05, 4.69) is 0 Å². The Morgan fingerprint density at radius 3 is 2.69 bits per heavy atom. The van der Waals surface area contributed by atoms with Gasteiger partial charge in [0, 0.05) is 25.8 Å². The zero-order valence-corrected chi connectivity index (χ0v) is 9.52. The van der Waals surface area contributed by atoms with Crippen LogP contribution in [0.1, 0.15) is 5.56 Å². The molecule has 4 nitrogen and oxygen atoms in total. The van der Waals surface area contributed by atoms with Gasteiger partial charge >= 0.3 is 6.03 Å². The van der Waals surface area contributed by atoms with Crippen LogP contribution in [0.25, 0.3) is 0 Å². The Labute approximate surface area is 95.6 Å². The summed E-state index contributed by atoms with van der Waals surface area (Å²) in [5.74, 6) is 0. The lowest BCUT2D eigenvalue weighted by molar-refractivity contribution is 0.229. The molecule has 0 aliphatic carbocycles. The summed E-state index contributed by atoms with van der Waals surface area (Å²) < 4.78 is 0. The molecule has 2 rings (SSSR count). The maximum Gasteiger partial charge on any atom is 0.324 e. The van der Waals surface area contributed by atoms with Crippen LogP contribution >= 0.6 is 0 Å². The third kappa shape index (κ3) is 1.88. The van der Waals surface area contributed by atoms with Gasteiger partial charge < -0.3 is 10.6 Å². The van der Waals surface area contributed by atoms with Gasteiger partial charge in [-0.25, -0.2) is 4.79 Å². The average molecular weight is 219 g/mol. The zero-order chi connectivity index (χ0) is 11.5. The second-order valence-corrected chi connectivity index (χ2v) is 4.02. The van der Waals surface area contributed by atoms with Gasteiger partial charge in [0.15, 0.2) is 0 Å². The maximum atomic E-state index is 11.9. The number of likely N-dealkylation sites (N-methyl/N-ethyl adjacent to an activating group) is 1. The fourth-order valence-electron chi connectivity index (χ4n) is 2.01. The Kier molecular flexibility index (Phi) is 3.10. The van der Waals surface area contributed by atoms with E-state index < -0.39 is 0 Å². The fourth-order valence-corrected chi connectivity index (χ4v) is 2.01. The van der Waals surface area contributed by atoms with Crippen LogP contribution in [0, 0.1) is 0 Å². The van der Waals surface area contributed by atoms with E-state index in [9.17, 15) is 4.79 Å². The first kappa shape index (κ1) is 11.0. The molecule has 0 aromatic heterocycles. The van der Waals surface area contributed by atoms with E-state index in [0.717, 1.165) is 30.8 Å². The Hall–Kier alpha value is -1.55. The molecular weight excluding hydrogens is 202 g/mol. The summed E-state index contributed by atoms with van der Waals surface area (Å²) >= 11 is 0. The Morgan fingerprint density at radius 1 is 1.31 bits per heavy atom. The van der Waals surface area contributed by atoms with Crippen LogP contribution in [-0.4, -0.2) is 37.6 Å². The Bertz CT molecular complexity index is 392. The SMILES string of the molecule is CN1CCN(c2ccccc2CCN)C1=O. The molecule has 1 aliphatic heterocycles. The van der Waals surface area contributed by atoms with E-state index in [1.54, 1.807) is 4.90 Å². The normalized spacial score (nSPS) is 16.0. The molecule has 0 unspecified atom stereocenters. The van der Waals surface area contributed by atoms with Crippen LogP contribution in [0.2, 0.25) is 0 Å². The van der Waals surface area contributed by atoms with Crippen molar-refractivity contribution in [1.82, 2.24) is 4.90 Å². The predicted molar refractivity (Wildman–Crippen MR) is 64.6 cm³/mol. The number of urea groups is 1. The monoisotopic (exact) mass is 219 g/mol. The lowest BCUT2D eigenvalue weighted by atomic mass is 10.1. The van der Waals surface area contributed by atoms with Gasteiger partial charge in [-0.3, -0.25) is 4.90 Å². The number of benzene rings is 1. The summed E-state index contributed by atoms with van der Waals surface area (Å²) in [6, 6.07) is 8.04. The fraction of sp³-hybridized carbons (Fsp3) is 0.417. The Morgan fingerprint density at radius 2 is 2.06 bits per heavy atom. The van der Waals surface area contributed by atoms with Crippen LogP contribution in [0.15, 0.2) is 24.3 Å². The number of carbonyl (C=O) groups excluding carboxylic acids is 1. The topological polar surface area (TPSA) is 49.6 Å². The summed E-state index contributed by atoms with van der Waals surface area (Å²) in [6.07, 6.45) is 0.809. The molecule has 4 heteroatoms. The molecule has 0 saturated carbocycles. The van der Waals surface area contributed by atoms with Crippen LogP contribution in [-0.2, 0) is 6.42 Å². The van der Waals surface area contributed by atoms with Crippen molar-refractivity contribution >= 4 is 11.7 Å². The van der Waals surface area contributed by atoms with Crippen LogP contribution in [0.4, 0.5) is 10.5 Å². The molecule has 1 aliphatic rings. The zero-order valence-electron chi connectivity index (χ0n) is 9.52. The summed E-state index contributed by atoms with van der Waals surface area (Å²) in [5, 5.41) is 0. The minimum absolute atomic E-state index is 0.0736. The van der Waals surface area contributed by atoms with Crippen molar-refractivity contribution < 1.29 is 4.79 Å². The van der Waals surface area contributed by atoms with Gasteiger partial charge in [0.1, 0.15) is 0 Å². The summed E-state index contributed by atoms with van der Waals surface area (Å²) in [6.45, 7) is 2.15. The third-order valence-corrected chi connectivity index (χ3v) is 2.91. The summed E-state index contributed by atoms with van der Waals surface area (Å²) in [5.41, 5.74) is 7.73. The number of amides is 2. The molecule has 1 aromatic carbocycles. The molecule has 16 heavy (non-hydrogen) atoms. The molecule has 1 fully saturated rings. The first-order valence-electron chi connectivity index (χ1n) is 5.54. The molecule has 86 valence electrons. The molecule has 1 heterocycles. The van der Waals surface area contributed by atoms with Crippen molar-refractivity contribution in [2.45, 2.75) is 6.42 Å². The van der Waals surface area contributed by atoms with Gasteiger partial charge in [0.05, 0.1) is 0 Å². The van der Waals surface area contributed by atoms with Crippen LogP contribution < -0.4 is 10.6 Å². The number of hydrogen-bond acceptors (Lipinski definition) is 2. The second kappa shape index (κ2) is 4.53. The van der Waals surface area contributed by atoms with E-state index >= 15 is 0 Å². The molecular formula is C12H17N3O. The lowest BCUT2D eigenvalue weighted by Crippen LogP contribution is -2.30. The van der Waals surface area contributed by atoms with E-state index in [4.69, 9.17) is 5.73 Å². The number of rotatable bonds is 3. The highest BCUT2D eigenvalue weighted by Gasteiger charge is 2.27. The van der Waals surface area contributed by atoms with E-state index in [1.807, 2.05) is 36.2 Å². The third-order valence-electron chi connectivity index (χ3n) is 2.91. The van der Waals surface area contributed by atoms with Crippen molar-refractivity contribution in [1.29, 1.82) is 0 Å². The van der Waals surface area contributed by atoms with E-state index in [0.29, 0.717) is 6.54 Å². The highest BCUT2D eigenvalue weighted by atomic mass is 16.2. The van der Waals surface area contributed by atoms with E-state index in [-0.39, 0.29) is 6.03 Å². The van der Waals surface area contributed by atoms with Crippen molar-refractivity contribution in [2.75, 3.05) is 31.6 Å². The highest BCUT2D eigenvalue weighted by Crippen LogP contribution is 2.24. The average Bonchev–Trinajstić information content (AvgIpc) is 2.61. The molecule has 2 amide bonds. The number of hydrogen-bond donors (Lipinski definition) is 1. The standard InChI is InChI=1S/C12H17N3O/c1-14-8-9-15(12(14)16)11-5-3-2-4-10(11)6-7-13/h2-5H,6-9,13H2,1H3. The van der Waals surface area contributed by atoms with Crippen molar-refractivity contribution in [2.24, 2.45) is 5.73 Å². The minimum Gasteiger partial charge on any atom is -0.330 e. The van der Waals surface area contributed by atoms with Gasteiger partial charge in [-0.05, 0) is 24.6 Å². The van der Waals surface area contributed by atoms with Crippen molar-refractivity contribution in [3.05, 3.63) is 29.8 Å². The summed E-state index contributed by atoms with van der Waals surface area (Å²) in [7, 11) is 1.83.